The van der Waals surface area contributed by atoms with Gasteiger partial charge in [-0.3, -0.25) is 14.8 Å². The highest BCUT2D eigenvalue weighted by atomic mass is 35.5. The minimum Gasteiger partial charge on any atom is -0.480 e. The molecule has 0 aromatic carbocycles. The number of carboxylic acid groups (broad SMARTS) is 1. The van der Waals surface area contributed by atoms with Crippen LogP contribution in [-0.2, 0) is 17.8 Å². The molecular weight excluding hydrogens is 325 g/mol. The highest BCUT2D eigenvalue weighted by Gasteiger charge is 2.20. The lowest BCUT2D eigenvalue weighted by Crippen LogP contribution is -2.38. The van der Waals surface area contributed by atoms with Gasteiger partial charge in [-0.15, -0.1) is 0 Å². The Morgan fingerprint density at radius 1 is 1.36 bits per heavy atom. The van der Waals surface area contributed by atoms with Crippen LogP contribution in [0, 0.1) is 6.92 Å². The molecule has 0 bridgehead atoms. The van der Waals surface area contributed by atoms with E-state index in [0.29, 0.717) is 22.2 Å². The second kappa shape index (κ2) is 7.54. The summed E-state index contributed by atoms with van der Waals surface area (Å²) in [7, 11) is 0. The number of hydrogen-bond donors (Lipinski definition) is 2. The second-order valence-corrected chi connectivity index (χ2v) is 5.68. The highest BCUT2D eigenvalue weighted by molar-refractivity contribution is 6.35. The first-order chi connectivity index (χ1) is 10.5. The molecule has 0 fully saturated rings. The number of pyridine rings is 2. The van der Waals surface area contributed by atoms with Gasteiger partial charge in [-0.05, 0) is 30.2 Å². The topological polar surface area (TPSA) is 75.1 Å². The fourth-order valence-electron chi connectivity index (χ4n) is 2.04. The van der Waals surface area contributed by atoms with Gasteiger partial charge in [0.2, 0.25) is 0 Å². The molecule has 2 aromatic heterocycles. The van der Waals surface area contributed by atoms with Crippen molar-refractivity contribution >= 4 is 29.2 Å². The van der Waals surface area contributed by atoms with Crippen molar-refractivity contribution in [1.29, 1.82) is 0 Å². The first kappa shape index (κ1) is 16.7. The number of aliphatic carboxylic acids is 1. The lowest BCUT2D eigenvalue weighted by atomic mass is 10.1. The Bertz CT molecular complexity index is 659. The first-order valence-corrected chi connectivity index (χ1v) is 7.38. The molecular formula is C15H15Cl2N3O2. The number of nitrogens with zero attached hydrogens (tertiary/aromatic N) is 2. The molecule has 2 heterocycles. The molecule has 0 aliphatic carbocycles. The quantitative estimate of drug-likeness (QED) is 0.846. The van der Waals surface area contributed by atoms with E-state index in [1.807, 2.05) is 19.1 Å². The van der Waals surface area contributed by atoms with Crippen LogP contribution in [0.15, 0.2) is 30.7 Å². The van der Waals surface area contributed by atoms with E-state index in [1.54, 1.807) is 6.20 Å². The Labute approximate surface area is 138 Å². The van der Waals surface area contributed by atoms with Crippen molar-refractivity contribution < 1.29 is 9.90 Å². The van der Waals surface area contributed by atoms with E-state index in [9.17, 15) is 9.90 Å². The molecule has 2 N–H and O–H groups in total. The molecule has 2 rings (SSSR count). The Morgan fingerprint density at radius 3 is 2.64 bits per heavy atom. The molecule has 7 heteroatoms. The van der Waals surface area contributed by atoms with Crippen LogP contribution < -0.4 is 5.32 Å². The zero-order chi connectivity index (χ0) is 16.1. The second-order valence-electron chi connectivity index (χ2n) is 4.86. The first-order valence-electron chi connectivity index (χ1n) is 6.63. The summed E-state index contributed by atoms with van der Waals surface area (Å²) in [6.07, 6.45) is 4.78. The van der Waals surface area contributed by atoms with E-state index in [2.05, 4.69) is 15.3 Å². The summed E-state index contributed by atoms with van der Waals surface area (Å²) in [6, 6.07) is 2.94. The third-order valence-electron chi connectivity index (χ3n) is 3.17. The van der Waals surface area contributed by atoms with Gasteiger partial charge in [-0.2, -0.15) is 0 Å². The van der Waals surface area contributed by atoms with Crippen molar-refractivity contribution in [3.05, 3.63) is 57.6 Å². The number of nitrogens with one attached hydrogen (secondary N) is 1. The lowest BCUT2D eigenvalue weighted by molar-refractivity contribution is -0.139. The molecule has 0 saturated carbocycles. The molecule has 2 aromatic rings. The van der Waals surface area contributed by atoms with Crippen LogP contribution in [0.1, 0.15) is 16.8 Å². The molecule has 0 saturated heterocycles. The van der Waals surface area contributed by atoms with Crippen LogP contribution in [0.4, 0.5) is 0 Å². The van der Waals surface area contributed by atoms with Gasteiger partial charge < -0.3 is 10.4 Å². The van der Waals surface area contributed by atoms with Crippen molar-refractivity contribution in [3.63, 3.8) is 0 Å². The zero-order valence-electron chi connectivity index (χ0n) is 11.9. The van der Waals surface area contributed by atoms with E-state index in [-0.39, 0.29) is 6.42 Å². The number of rotatable bonds is 6. The minimum atomic E-state index is -0.963. The van der Waals surface area contributed by atoms with Crippen molar-refractivity contribution in [2.45, 2.75) is 25.9 Å². The summed E-state index contributed by atoms with van der Waals surface area (Å²) in [5.41, 5.74) is 2.42. The molecule has 1 atom stereocenters. The number of carbonyl (C=O) groups is 1. The van der Waals surface area contributed by atoms with Gasteiger partial charge in [0.05, 0.1) is 10.0 Å². The molecule has 0 aliphatic rings. The van der Waals surface area contributed by atoms with Crippen molar-refractivity contribution in [2.75, 3.05) is 0 Å². The molecule has 116 valence electrons. The van der Waals surface area contributed by atoms with Crippen LogP contribution in [-0.4, -0.2) is 27.1 Å². The zero-order valence-corrected chi connectivity index (χ0v) is 13.4. The Morgan fingerprint density at radius 2 is 2.05 bits per heavy atom. The molecule has 0 amide bonds. The fourth-order valence-corrected chi connectivity index (χ4v) is 2.56. The van der Waals surface area contributed by atoms with Gasteiger partial charge in [-0.1, -0.05) is 23.2 Å². The van der Waals surface area contributed by atoms with Crippen LogP contribution >= 0.6 is 23.2 Å². The Kier molecular flexibility index (Phi) is 5.71. The highest BCUT2D eigenvalue weighted by Crippen LogP contribution is 2.24. The van der Waals surface area contributed by atoms with Gasteiger partial charge in [0.1, 0.15) is 6.04 Å². The standard InChI is InChI=1S/C15H15Cl2N3O2/c1-9-4-10(2-3-19-9)6-20-14(15(21)22)5-11-12(16)7-18-8-13(11)17/h2-4,7-8,14,20H,5-6H2,1H3,(H,21,22). The SMILES string of the molecule is Cc1cc(CNC(Cc2c(Cl)cncc2Cl)C(=O)O)ccn1. The summed E-state index contributed by atoms with van der Waals surface area (Å²) in [6.45, 7) is 2.30. The van der Waals surface area contributed by atoms with Crippen LogP contribution in [0.3, 0.4) is 0 Å². The van der Waals surface area contributed by atoms with Gasteiger partial charge in [0.15, 0.2) is 0 Å². The van der Waals surface area contributed by atoms with Crippen LogP contribution in [0.2, 0.25) is 10.0 Å². The average Bonchev–Trinajstić information content (AvgIpc) is 2.46. The monoisotopic (exact) mass is 339 g/mol. The molecule has 0 radical (unpaired) electrons. The summed E-state index contributed by atoms with van der Waals surface area (Å²) in [5, 5.41) is 13.1. The smallest absolute Gasteiger partial charge is 0.321 e. The van der Waals surface area contributed by atoms with Crippen molar-refractivity contribution in [1.82, 2.24) is 15.3 Å². The van der Waals surface area contributed by atoms with Crippen molar-refractivity contribution in [3.8, 4) is 0 Å². The maximum absolute atomic E-state index is 11.4. The van der Waals surface area contributed by atoms with Crippen LogP contribution in [0.5, 0.6) is 0 Å². The maximum atomic E-state index is 11.4. The molecule has 22 heavy (non-hydrogen) atoms. The summed E-state index contributed by atoms with van der Waals surface area (Å²) in [4.78, 5) is 19.4. The van der Waals surface area contributed by atoms with E-state index < -0.39 is 12.0 Å². The van der Waals surface area contributed by atoms with Gasteiger partial charge in [0.25, 0.3) is 0 Å². The van der Waals surface area contributed by atoms with E-state index in [4.69, 9.17) is 23.2 Å². The molecule has 0 aliphatic heterocycles. The molecule has 0 spiro atoms. The third-order valence-corrected chi connectivity index (χ3v) is 3.82. The molecule has 5 nitrogen and oxygen atoms in total. The number of halogens is 2. The van der Waals surface area contributed by atoms with Gasteiger partial charge in [-0.25, -0.2) is 0 Å². The summed E-state index contributed by atoms with van der Waals surface area (Å²) >= 11 is 12.1. The number of aromatic nitrogens is 2. The lowest BCUT2D eigenvalue weighted by Gasteiger charge is -2.16. The Balaban J connectivity index is 2.09. The number of aryl methyl sites for hydroxylation is 1. The third kappa shape index (κ3) is 4.40. The van der Waals surface area contributed by atoms with Gasteiger partial charge >= 0.3 is 5.97 Å². The minimum absolute atomic E-state index is 0.180. The molecule has 1 unspecified atom stereocenters. The predicted molar refractivity (Wildman–Crippen MR) is 85.2 cm³/mol. The predicted octanol–water partition coefficient (Wildman–Crippen LogP) is 2.88. The van der Waals surface area contributed by atoms with E-state index >= 15 is 0 Å². The number of carboxylic acids is 1. The van der Waals surface area contributed by atoms with Crippen LogP contribution in [0.25, 0.3) is 0 Å². The maximum Gasteiger partial charge on any atom is 0.321 e. The van der Waals surface area contributed by atoms with Gasteiger partial charge in [0, 0.05) is 37.3 Å². The van der Waals surface area contributed by atoms with E-state index in [0.717, 1.165) is 11.3 Å². The average molecular weight is 340 g/mol. The normalized spacial score (nSPS) is 12.1. The fraction of sp³-hybridized carbons (Fsp3) is 0.267. The number of hydrogen-bond acceptors (Lipinski definition) is 4. The summed E-state index contributed by atoms with van der Waals surface area (Å²) in [5.74, 6) is -0.963. The Hall–Kier alpha value is -1.69. The summed E-state index contributed by atoms with van der Waals surface area (Å²) < 4.78 is 0. The van der Waals surface area contributed by atoms with Crippen molar-refractivity contribution in [2.24, 2.45) is 0 Å². The largest absolute Gasteiger partial charge is 0.480 e. The van der Waals surface area contributed by atoms with E-state index in [1.165, 1.54) is 12.4 Å².